The first-order chi connectivity index (χ1) is 3.06. The van der Waals surface area contributed by atoms with Crippen LogP contribution in [0.15, 0.2) is 0 Å². The molecule has 0 aliphatic carbocycles. The number of hydrogen-bond donors (Lipinski definition) is 2. The zero-order valence-corrected chi connectivity index (χ0v) is 3.87. The molecule has 7 heavy (non-hydrogen) atoms. The molecule has 5 nitrogen and oxygen atoms in total. The summed E-state index contributed by atoms with van der Waals surface area (Å²) >= 11 is 0. The molecule has 0 aliphatic heterocycles. The van der Waals surface area contributed by atoms with Gasteiger partial charge in [0.1, 0.15) is 6.61 Å². The van der Waals surface area contributed by atoms with Crippen molar-refractivity contribution in [2.24, 2.45) is 0 Å². The Labute approximate surface area is 40.4 Å². The Hall–Kier alpha value is -0.200. The number of hydrogen-bond acceptors (Lipinski definition) is 4. The van der Waals surface area contributed by atoms with E-state index in [1.807, 2.05) is 0 Å². The minimum Gasteiger partial charge on any atom is -0.529 e. The molecule has 44 valence electrons. The number of quaternary nitrogens is 1. The summed E-state index contributed by atoms with van der Waals surface area (Å²) in [4.78, 5) is 3.72. The summed E-state index contributed by atoms with van der Waals surface area (Å²) < 4.78 is 0. The van der Waals surface area contributed by atoms with Crippen LogP contribution in [0.4, 0.5) is 0 Å². The summed E-state index contributed by atoms with van der Waals surface area (Å²) in [7, 11) is 0. The van der Waals surface area contributed by atoms with Crippen molar-refractivity contribution in [2.75, 3.05) is 6.61 Å². The molecule has 0 aromatic carbocycles. The summed E-state index contributed by atoms with van der Waals surface area (Å²) in [6, 6.07) is 0. The maximum atomic E-state index is 9.53. The molecule has 2 N–H and O–H groups in total. The summed E-state index contributed by atoms with van der Waals surface area (Å²) in [6.45, 7) is 1.44. The third-order valence-electron chi connectivity index (χ3n) is 0.297. The van der Waals surface area contributed by atoms with Crippen molar-refractivity contribution in [3.8, 4) is 0 Å². The molecule has 0 saturated heterocycles. The van der Waals surface area contributed by atoms with E-state index in [0.29, 0.717) is 0 Å². The van der Waals surface area contributed by atoms with Crippen LogP contribution < -0.4 is 0 Å². The molecule has 0 amide bonds. The highest BCUT2D eigenvalue weighted by Crippen LogP contribution is 1.89. The first-order valence-corrected chi connectivity index (χ1v) is 1.76. The molecule has 0 heterocycles. The van der Waals surface area contributed by atoms with Gasteiger partial charge >= 0.3 is 0 Å². The molecule has 0 spiro atoms. The quantitative estimate of drug-likeness (QED) is 0.387. The van der Waals surface area contributed by atoms with Crippen LogP contribution in [0.1, 0.15) is 6.92 Å². The summed E-state index contributed by atoms with van der Waals surface area (Å²) in [5.74, 6) is 0. The van der Waals surface area contributed by atoms with Gasteiger partial charge in [0.15, 0.2) is 0 Å². The van der Waals surface area contributed by atoms with Gasteiger partial charge in [0.25, 0.3) is 0 Å². The predicted octanol–water partition coefficient (Wildman–Crippen LogP) is 0.0309. The zero-order valence-electron chi connectivity index (χ0n) is 3.87. The van der Waals surface area contributed by atoms with Crippen molar-refractivity contribution in [2.45, 2.75) is 6.92 Å². The molecule has 0 aromatic heterocycles. The average molecular weight is 109 g/mol. The Morgan fingerprint density at radius 3 is 2.14 bits per heavy atom. The molecule has 0 fully saturated rings. The van der Waals surface area contributed by atoms with Gasteiger partial charge in [-0.15, -0.1) is 15.3 Å². The Balaban J connectivity index is 3.15. The van der Waals surface area contributed by atoms with E-state index in [-0.39, 0.29) is 6.61 Å². The van der Waals surface area contributed by atoms with E-state index >= 15 is 0 Å². The lowest BCUT2D eigenvalue weighted by Gasteiger charge is -2.18. The van der Waals surface area contributed by atoms with E-state index in [1.54, 1.807) is 0 Å². The Morgan fingerprint density at radius 1 is 1.71 bits per heavy atom. The van der Waals surface area contributed by atoms with Crippen LogP contribution in [-0.2, 0) is 4.84 Å². The Morgan fingerprint density at radius 2 is 2.14 bits per heavy atom. The zero-order chi connectivity index (χ0) is 5.91. The molecule has 0 aliphatic rings. The van der Waals surface area contributed by atoms with Gasteiger partial charge in [-0.25, -0.2) is 0 Å². The monoisotopic (exact) mass is 109 g/mol. The lowest BCUT2D eigenvalue weighted by Crippen LogP contribution is -2.33. The highest BCUT2D eigenvalue weighted by atomic mass is 17.3. The summed E-state index contributed by atoms with van der Waals surface area (Å²) in [5.41, 5.74) is 0. The Kier molecular flexibility index (Phi) is 2.13. The highest BCUT2D eigenvalue weighted by Gasteiger charge is 2.05. The third kappa shape index (κ3) is 5.80. The van der Waals surface area contributed by atoms with Crippen LogP contribution in [-0.4, -0.2) is 22.2 Å². The molecular weight excluding hydrogens is 102 g/mol. The third-order valence-corrected chi connectivity index (χ3v) is 0.297. The second-order valence-electron chi connectivity index (χ2n) is 0.908. The molecule has 0 unspecified atom stereocenters. The standard InChI is InChI=1S/C2H7NO4/c1-2-7-3(4,5)6/h4-5H,2H2,1H3. The van der Waals surface area contributed by atoms with Crippen LogP contribution in [0.2, 0.25) is 0 Å². The van der Waals surface area contributed by atoms with E-state index in [1.165, 1.54) is 6.92 Å². The van der Waals surface area contributed by atoms with Crippen molar-refractivity contribution in [3.05, 3.63) is 5.21 Å². The van der Waals surface area contributed by atoms with Crippen LogP contribution in [0.5, 0.6) is 0 Å². The maximum Gasteiger partial charge on any atom is 0.112 e. The molecular formula is C2H7NO4. The lowest BCUT2D eigenvalue weighted by molar-refractivity contribution is -1.34. The predicted molar refractivity (Wildman–Crippen MR) is 18.8 cm³/mol. The van der Waals surface area contributed by atoms with Crippen LogP contribution >= 0.6 is 0 Å². The van der Waals surface area contributed by atoms with Gasteiger partial charge in [-0.3, -0.25) is 0 Å². The van der Waals surface area contributed by atoms with Crippen LogP contribution in [0, 0.1) is 5.21 Å². The Bertz CT molecular complexity index is 48.1. The van der Waals surface area contributed by atoms with Gasteiger partial charge in [0.2, 0.25) is 0 Å². The molecule has 5 heteroatoms. The van der Waals surface area contributed by atoms with Gasteiger partial charge in [-0.05, 0) is 6.92 Å². The fourth-order valence-electron chi connectivity index (χ4n) is 0.168. The van der Waals surface area contributed by atoms with Crippen LogP contribution in [0.25, 0.3) is 0 Å². The summed E-state index contributed by atoms with van der Waals surface area (Å²) in [6.07, 6.45) is 0. The van der Waals surface area contributed by atoms with Crippen LogP contribution in [0.3, 0.4) is 0 Å². The van der Waals surface area contributed by atoms with Crippen molar-refractivity contribution >= 4 is 0 Å². The fourth-order valence-corrected chi connectivity index (χ4v) is 0.168. The van der Waals surface area contributed by atoms with Crippen molar-refractivity contribution in [3.63, 3.8) is 0 Å². The second kappa shape index (κ2) is 2.20. The smallest absolute Gasteiger partial charge is 0.112 e. The van der Waals surface area contributed by atoms with Gasteiger partial charge in [0.05, 0.1) is 5.14 Å². The molecule has 0 saturated carbocycles. The van der Waals surface area contributed by atoms with Gasteiger partial charge in [-0.2, -0.15) is 0 Å². The number of rotatable bonds is 2. The minimum atomic E-state index is -2.66. The lowest BCUT2D eigenvalue weighted by atomic mass is 10.9. The van der Waals surface area contributed by atoms with Gasteiger partial charge < -0.3 is 5.21 Å². The molecule has 0 bridgehead atoms. The summed E-state index contributed by atoms with van der Waals surface area (Å²) in [5, 5.41) is 22.3. The van der Waals surface area contributed by atoms with Gasteiger partial charge in [-0.1, -0.05) is 0 Å². The number of nitrogens with zero attached hydrogens (tertiary/aromatic N) is 1. The van der Waals surface area contributed by atoms with E-state index < -0.39 is 5.14 Å². The van der Waals surface area contributed by atoms with Gasteiger partial charge in [0, 0.05) is 0 Å². The molecule has 0 radical (unpaired) electrons. The normalized spacial score (nSPS) is 12.0. The average Bonchev–Trinajstić information content (AvgIpc) is 1.30. The topological polar surface area (TPSA) is 72.8 Å². The minimum absolute atomic E-state index is 0.0312. The van der Waals surface area contributed by atoms with E-state index in [9.17, 15) is 5.21 Å². The fraction of sp³-hybridized carbons (Fsp3) is 1.00. The second-order valence-corrected chi connectivity index (χ2v) is 0.908. The van der Waals surface area contributed by atoms with E-state index in [0.717, 1.165) is 0 Å². The SMILES string of the molecule is CCO[N+]([O-])(O)O. The first-order valence-electron chi connectivity index (χ1n) is 1.76. The van der Waals surface area contributed by atoms with Crippen molar-refractivity contribution < 1.29 is 20.4 Å². The largest absolute Gasteiger partial charge is 0.529 e. The van der Waals surface area contributed by atoms with E-state index in [4.69, 9.17) is 10.4 Å². The molecule has 0 rings (SSSR count). The first kappa shape index (κ1) is 6.80. The van der Waals surface area contributed by atoms with Crippen molar-refractivity contribution in [1.82, 2.24) is 0 Å². The molecule has 0 atom stereocenters. The van der Waals surface area contributed by atoms with Crippen molar-refractivity contribution in [1.29, 1.82) is 0 Å². The maximum absolute atomic E-state index is 9.53. The van der Waals surface area contributed by atoms with E-state index in [2.05, 4.69) is 4.84 Å². The highest BCUT2D eigenvalue weighted by molar-refractivity contribution is 3.94. The molecule has 0 aromatic rings.